The van der Waals surface area contributed by atoms with Gasteiger partial charge in [0.15, 0.2) is 0 Å². The van der Waals surface area contributed by atoms with Crippen molar-refractivity contribution in [3.8, 4) is 0 Å². The van der Waals surface area contributed by atoms with Gasteiger partial charge in [-0.15, -0.1) is 0 Å². The van der Waals surface area contributed by atoms with E-state index in [0.717, 1.165) is 10.0 Å². The normalized spacial score (nSPS) is 12.7. The van der Waals surface area contributed by atoms with E-state index in [1.165, 1.54) is 11.1 Å². The highest BCUT2D eigenvalue weighted by molar-refractivity contribution is 9.10. The van der Waals surface area contributed by atoms with Gasteiger partial charge in [0.1, 0.15) is 0 Å². The van der Waals surface area contributed by atoms with Crippen LogP contribution in [-0.4, -0.2) is 0 Å². The third-order valence-electron chi connectivity index (χ3n) is 2.46. The predicted octanol–water partition coefficient (Wildman–Crippen LogP) is 3.87. The van der Waals surface area contributed by atoms with Gasteiger partial charge in [-0.05, 0) is 46.5 Å². The van der Waals surface area contributed by atoms with Crippen molar-refractivity contribution in [3.05, 3.63) is 56.2 Å². The third-order valence-corrected chi connectivity index (χ3v) is 4.01. The van der Waals surface area contributed by atoms with Crippen molar-refractivity contribution in [2.24, 2.45) is 5.73 Å². The van der Waals surface area contributed by atoms with Gasteiger partial charge >= 0.3 is 0 Å². The van der Waals surface area contributed by atoms with Crippen LogP contribution in [0.25, 0.3) is 0 Å². The Morgan fingerprint density at radius 2 is 2.07 bits per heavy atom. The quantitative estimate of drug-likeness (QED) is 0.889. The first kappa shape index (κ1) is 10.9. The van der Waals surface area contributed by atoms with Crippen LogP contribution in [0.4, 0.5) is 0 Å². The molecule has 0 fully saturated rings. The summed E-state index contributed by atoms with van der Waals surface area (Å²) in [6.07, 6.45) is 0. The van der Waals surface area contributed by atoms with Gasteiger partial charge in [-0.2, -0.15) is 11.3 Å². The molecule has 1 atom stereocenters. The molecule has 2 N–H and O–H groups in total. The summed E-state index contributed by atoms with van der Waals surface area (Å²) < 4.78 is 1.12. The van der Waals surface area contributed by atoms with E-state index in [2.05, 4.69) is 57.9 Å². The van der Waals surface area contributed by atoms with Gasteiger partial charge in [0, 0.05) is 4.47 Å². The molecule has 1 heterocycles. The molecule has 0 aliphatic rings. The average Bonchev–Trinajstić information content (AvgIpc) is 2.74. The molecule has 78 valence electrons. The molecule has 0 saturated heterocycles. The highest BCUT2D eigenvalue weighted by atomic mass is 79.9. The lowest BCUT2D eigenvalue weighted by Crippen LogP contribution is -2.10. The van der Waals surface area contributed by atoms with Crippen LogP contribution < -0.4 is 5.73 Å². The SMILES string of the molecule is Cc1ccc([C@@H](N)c2ccsc2)cc1Br. The molecule has 1 nitrogen and oxygen atoms in total. The van der Waals surface area contributed by atoms with Crippen molar-refractivity contribution >= 4 is 27.3 Å². The second-order valence-corrected chi connectivity index (χ2v) is 5.18. The summed E-state index contributed by atoms with van der Waals surface area (Å²) in [4.78, 5) is 0. The monoisotopic (exact) mass is 281 g/mol. The zero-order chi connectivity index (χ0) is 10.8. The minimum Gasteiger partial charge on any atom is -0.320 e. The first-order valence-electron chi connectivity index (χ1n) is 4.72. The van der Waals surface area contributed by atoms with Gasteiger partial charge in [0.25, 0.3) is 0 Å². The second kappa shape index (κ2) is 4.47. The average molecular weight is 282 g/mol. The van der Waals surface area contributed by atoms with Gasteiger partial charge in [-0.25, -0.2) is 0 Å². The summed E-state index contributed by atoms with van der Waals surface area (Å²) in [7, 11) is 0. The van der Waals surface area contributed by atoms with E-state index in [9.17, 15) is 0 Å². The summed E-state index contributed by atoms with van der Waals surface area (Å²) in [6, 6.07) is 8.32. The van der Waals surface area contributed by atoms with Crippen molar-refractivity contribution in [1.29, 1.82) is 0 Å². The van der Waals surface area contributed by atoms with E-state index >= 15 is 0 Å². The molecule has 3 heteroatoms. The smallest absolute Gasteiger partial charge is 0.0560 e. The summed E-state index contributed by atoms with van der Waals surface area (Å²) in [6.45, 7) is 2.07. The topological polar surface area (TPSA) is 26.0 Å². The van der Waals surface area contributed by atoms with Crippen LogP contribution >= 0.6 is 27.3 Å². The number of hydrogen-bond donors (Lipinski definition) is 1. The Labute approximate surface area is 102 Å². The zero-order valence-electron chi connectivity index (χ0n) is 8.41. The molecule has 2 rings (SSSR count). The fourth-order valence-corrected chi connectivity index (χ4v) is 2.54. The second-order valence-electron chi connectivity index (χ2n) is 3.54. The van der Waals surface area contributed by atoms with Crippen molar-refractivity contribution < 1.29 is 0 Å². The molecule has 15 heavy (non-hydrogen) atoms. The van der Waals surface area contributed by atoms with E-state index in [1.807, 2.05) is 0 Å². The Balaban J connectivity index is 2.34. The van der Waals surface area contributed by atoms with Crippen molar-refractivity contribution in [2.45, 2.75) is 13.0 Å². The number of thiophene rings is 1. The Morgan fingerprint density at radius 1 is 1.27 bits per heavy atom. The molecular weight excluding hydrogens is 270 g/mol. The lowest BCUT2D eigenvalue weighted by atomic mass is 10.0. The predicted molar refractivity (Wildman–Crippen MR) is 69.2 cm³/mol. The standard InChI is InChI=1S/C12H12BrNS/c1-8-2-3-9(6-11(8)13)12(14)10-4-5-15-7-10/h2-7,12H,14H2,1H3/t12-/m1/s1. The molecule has 0 radical (unpaired) electrons. The summed E-state index contributed by atoms with van der Waals surface area (Å²) in [5.74, 6) is 0. The molecule has 2 aromatic rings. The third kappa shape index (κ3) is 2.30. The van der Waals surface area contributed by atoms with E-state index in [0.29, 0.717) is 0 Å². The van der Waals surface area contributed by atoms with E-state index in [1.54, 1.807) is 11.3 Å². The molecule has 0 amide bonds. The maximum absolute atomic E-state index is 6.17. The lowest BCUT2D eigenvalue weighted by molar-refractivity contribution is 0.875. The van der Waals surface area contributed by atoms with Crippen molar-refractivity contribution in [3.63, 3.8) is 0 Å². The minimum absolute atomic E-state index is 0.0202. The summed E-state index contributed by atoms with van der Waals surface area (Å²) >= 11 is 5.20. The Morgan fingerprint density at radius 3 is 2.67 bits per heavy atom. The number of aryl methyl sites for hydroxylation is 1. The molecule has 0 unspecified atom stereocenters. The Kier molecular flexibility index (Phi) is 3.24. The maximum atomic E-state index is 6.17. The number of hydrogen-bond acceptors (Lipinski definition) is 2. The van der Waals surface area contributed by atoms with E-state index < -0.39 is 0 Å². The lowest BCUT2D eigenvalue weighted by Gasteiger charge is -2.11. The Bertz CT molecular complexity index is 451. The first-order valence-corrected chi connectivity index (χ1v) is 6.46. The fraction of sp³-hybridized carbons (Fsp3) is 0.167. The minimum atomic E-state index is -0.0202. The van der Waals surface area contributed by atoms with E-state index in [4.69, 9.17) is 5.73 Å². The zero-order valence-corrected chi connectivity index (χ0v) is 10.8. The highest BCUT2D eigenvalue weighted by Gasteiger charge is 2.09. The number of rotatable bonds is 2. The van der Waals surface area contributed by atoms with Crippen LogP contribution in [0.1, 0.15) is 22.7 Å². The van der Waals surface area contributed by atoms with Crippen molar-refractivity contribution in [2.75, 3.05) is 0 Å². The first-order chi connectivity index (χ1) is 7.18. The van der Waals surface area contributed by atoms with Crippen LogP contribution in [0.3, 0.4) is 0 Å². The molecule has 0 aliphatic carbocycles. The molecule has 0 bridgehead atoms. The van der Waals surface area contributed by atoms with Crippen LogP contribution in [0.15, 0.2) is 39.5 Å². The fourth-order valence-electron chi connectivity index (χ4n) is 1.45. The number of halogens is 1. The van der Waals surface area contributed by atoms with Gasteiger partial charge in [0.2, 0.25) is 0 Å². The van der Waals surface area contributed by atoms with Gasteiger partial charge in [0.05, 0.1) is 6.04 Å². The number of benzene rings is 1. The summed E-state index contributed by atoms with van der Waals surface area (Å²) in [5.41, 5.74) is 9.72. The molecule has 1 aromatic heterocycles. The highest BCUT2D eigenvalue weighted by Crippen LogP contribution is 2.25. The molecule has 0 aliphatic heterocycles. The molecular formula is C12H12BrNS. The van der Waals surface area contributed by atoms with Gasteiger partial charge in [-0.1, -0.05) is 28.1 Å². The van der Waals surface area contributed by atoms with Gasteiger partial charge in [-0.3, -0.25) is 0 Å². The van der Waals surface area contributed by atoms with Crippen LogP contribution in [0.2, 0.25) is 0 Å². The van der Waals surface area contributed by atoms with Crippen LogP contribution in [0, 0.1) is 6.92 Å². The van der Waals surface area contributed by atoms with Crippen LogP contribution in [0.5, 0.6) is 0 Å². The Hall–Kier alpha value is -0.640. The molecule has 0 saturated carbocycles. The van der Waals surface area contributed by atoms with Crippen molar-refractivity contribution in [1.82, 2.24) is 0 Å². The summed E-state index contributed by atoms with van der Waals surface area (Å²) in [5, 5.41) is 4.15. The maximum Gasteiger partial charge on any atom is 0.0560 e. The van der Waals surface area contributed by atoms with E-state index in [-0.39, 0.29) is 6.04 Å². The van der Waals surface area contributed by atoms with Crippen LogP contribution in [-0.2, 0) is 0 Å². The van der Waals surface area contributed by atoms with Gasteiger partial charge < -0.3 is 5.73 Å². The number of nitrogens with two attached hydrogens (primary N) is 1. The molecule has 1 aromatic carbocycles. The molecule has 0 spiro atoms. The largest absolute Gasteiger partial charge is 0.320 e.